The Morgan fingerprint density at radius 2 is 1.79 bits per heavy atom. The van der Waals surface area contributed by atoms with Gasteiger partial charge in [0.25, 0.3) is 0 Å². The molecule has 0 atom stereocenters. The van der Waals surface area contributed by atoms with Gasteiger partial charge in [0.05, 0.1) is 0 Å². The van der Waals surface area contributed by atoms with Crippen LogP contribution in [0.3, 0.4) is 0 Å². The lowest BCUT2D eigenvalue weighted by atomic mass is 10.1. The summed E-state index contributed by atoms with van der Waals surface area (Å²) in [5, 5.41) is 6.34. The first kappa shape index (κ1) is 15.5. The Hall–Kier alpha value is -1.55. The molecule has 106 valence electrons. The number of hydrogen-bond donors (Lipinski definition) is 2. The molecule has 1 aromatic carbocycles. The van der Waals surface area contributed by atoms with Crippen LogP contribution in [0.15, 0.2) is 29.3 Å². The molecular formula is C15H26N4. The van der Waals surface area contributed by atoms with Gasteiger partial charge in [0.2, 0.25) is 0 Å². The van der Waals surface area contributed by atoms with E-state index >= 15 is 0 Å². The molecular weight excluding hydrogens is 236 g/mol. The van der Waals surface area contributed by atoms with Crippen molar-refractivity contribution in [1.82, 2.24) is 15.5 Å². The van der Waals surface area contributed by atoms with Gasteiger partial charge < -0.3 is 10.6 Å². The van der Waals surface area contributed by atoms with Crippen LogP contribution < -0.4 is 10.6 Å². The zero-order valence-corrected chi connectivity index (χ0v) is 12.5. The lowest BCUT2D eigenvalue weighted by Gasteiger charge is -2.20. The van der Waals surface area contributed by atoms with Crippen LogP contribution in [0.2, 0.25) is 0 Å². The smallest absolute Gasteiger partial charge is 0.190 e. The van der Waals surface area contributed by atoms with Crippen molar-refractivity contribution in [2.24, 2.45) is 4.99 Å². The van der Waals surface area contributed by atoms with Crippen molar-refractivity contribution in [2.45, 2.75) is 26.9 Å². The maximum absolute atomic E-state index is 4.13. The summed E-state index contributed by atoms with van der Waals surface area (Å²) in [4.78, 5) is 6.55. The molecule has 0 saturated heterocycles. The minimum atomic E-state index is 0.797. The van der Waals surface area contributed by atoms with Crippen LogP contribution in [-0.4, -0.2) is 38.0 Å². The van der Waals surface area contributed by atoms with E-state index in [9.17, 15) is 0 Å². The highest BCUT2D eigenvalue weighted by molar-refractivity contribution is 5.79. The number of aliphatic imine (C=N–C) groups is 1. The van der Waals surface area contributed by atoms with Gasteiger partial charge in [0.15, 0.2) is 5.96 Å². The topological polar surface area (TPSA) is 39.7 Å². The molecule has 1 rings (SSSR count). The Morgan fingerprint density at radius 3 is 2.32 bits per heavy atom. The molecule has 4 nitrogen and oxygen atoms in total. The Bertz CT molecular complexity index is 397. The lowest BCUT2D eigenvalue weighted by molar-refractivity contribution is 0.295. The zero-order valence-electron chi connectivity index (χ0n) is 12.5. The third-order valence-electron chi connectivity index (χ3n) is 3.31. The largest absolute Gasteiger partial charge is 0.359 e. The van der Waals surface area contributed by atoms with Crippen molar-refractivity contribution in [3.05, 3.63) is 35.4 Å². The summed E-state index contributed by atoms with van der Waals surface area (Å²) in [7, 11) is 3.65. The van der Waals surface area contributed by atoms with Gasteiger partial charge in [0.1, 0.15) is 0 Å². The molecule has 0 saturated carbocycles. The minimum Gasteiger partial charge on any atom is -0.359 e. The fourth-order valence-corrected chi connectivity index (χ4v) is 2.03. The Labute approximate surface area is 116 Å². The summed E-state index contributed by atoms with van der Waals surface area (Å²) in [6, 6.07) is 8.58. The highest BCUT2D eigenvalue weighted by atomic mass is 15.1. The molecule has 0 aliphatic carbocycles. The standard InChI is InChI=1S/C15H26N4/c1-5-19(6-2)12-14-10-8-7-9-13(14)11-18-15(16-3)17-4/h7-10H,5-6,11-12H2,1-4H3,(H2,16,17,18). The van der Waals surface area contributed by atoms with Gasteiger partial charge in [-0.25, -0.2) is 0 Å². The van der Waals surface area contributed by atoms with Crippen molar-refractivity contribution in [2.75, 3.05) is 27.2 Å². The summed E-state index contributed by atoms with van der Waals surface area (Å²) in [6.07, 6.45) is 0. The fourth-order valence-electron chi connectivity index (χ4n) is 2.03. The molecule has 0 amide bonds. The van der Waals surface area contributed by atoms with Gasteiger partial charge in [-0.05, 0) is 24.2 Å². The van der Waals surface area contributed by atoms with Gasteiger partial charge >= 0.3 is 0 Å². The van der Waals surface area contributed by atoms with Gasteiger partial charge in [-0.1, -0.05) is 38.1 Å². The molecule has 0 bridgehead atoms. The molecule has 0 heterocycles. The van der Waals surface area contributed by atoms with Crippen LogP contribution in [0.4, 0.5) is 0 Å². The van der Waals surface area contributed by atoms with Crippen LogP contribution in [0.5, 0.6) is 0 Å². The Balaban J connectivity index is 2.72. The SMILES string of the molecule is CCN(CC)Cc1ccccc1CNC(=NC)NC. The summed E-state index contributed by atoms with van der Waals surface area (Å²) < 4.78 is 0. The molecule has 0 aliphatic heterocycles. The molecule has 1 aromatic rings. The van der Waals surface area contributed by atoms with E-state index in [0.717, 1.165) is 32.1 Å². The average molecular weight is 262 g/mol. The summed E-state index contributed by atoms with van der Waals surface area (Å²) in [5.41, 5.74) is 2.70. The van der Waals surface area contributed by atoms with E-state index in [1.165, 1.54) is 11.1 Å². The van der Waals surface area contributed by atoms with E-state index in [-0.39, 0.29) is 0 Å². The molecule has 4 heteroatoms. The number of nitrogens with zero attached hydrogens (tertiary/aromatic N) is 2. The molecule has 0 aromatic heterocycles. The number of hydrogen-bond acceptors (Lipinski definition) is 2. The Kier molecular flexibility index (Phi) is 6.97. The van der Waals surface area contributed by atoms with E-state index in [1.54, 1.807) is 7.05 Å². The highest BCUT2D eigenvalue weighted by Crippen LogP contribution is 2.11. The third kappa shape index (κ3) is 4.91. The fraction of sp³-hybridized carbons (Fsp3) is 0.533. The second-order valence-electron chi connectivity index (χ2n) is 4.41. The lowest BCUT2D eigenvalue weighted by Crippen LogP contribution is -2.34. The van der Waals surface area contributed by atoms with Crippen molar-refractivity contribution in [1.29, 1.82) is 0 Å². The van der Waals surface area contributed by atoms with Crippen LogP contribution >= 0.6 is 0 Å². The molecule has 2 N–H and O–H groups in total. The van der Waals surface area contributed by atoms with E-state index in [1.807, 2.05) is 7.05 Å². The van der Waals surface area contributed by atoms with Gasteiger partial charge in [0, 0.05) is 27.2 Å². The second-order valence-corrected chi connectivity index (χ2v) is 4.41. The first-order valence-electron chi connectivity index (χ1n) is 6.92. The van der Waals surface area contributed by atoms with Crippen molar-refractivity contribution >= 4 is 5.96 Å². The molecule has 19 heavy (non-hydrogen) atoms. The summed E-state index contributed by atoms with van der Waals surface area (Å²) in [5.74, 6) is 0.817. The van der Waals surface area contributed by atoms with Crippen molar-refractivity contribution < 1.29 is 0 Å². The molecule has 0 radical (unpaired) electrons. The first-order valence-corrected chi connectivity index (χ1v) is 6.92. The average Bonchev–Trinajstić information content (AvgIpc) is 2.47. The molecule has 0 fully saturated rings. The van der Waals surface area contributed by atoms with Crippen LogP contribution in [-0.2, 0) is 13.1 Å². The summed E-state index contributed by atoms with van der Waals surface area (Å²) in [6.45, 7) is 8.36. The number of benzene rings is 1. The van der Waals surface area contributed by atoms with Crippen LogP contribution in [0.25, 0.3) is 0 Å². The van der Waals surface area contributed by atoms with Gasteiger partial charge in [-0.2, -0.15) is 0 Å². The van der Waals surface area contributed by atoms with Crippen molar-refractivity contribution in [3.8, 4) is 0 Å². The highest BCUT2D eigenvalue weighted by Gasteiger charge is 2.06. The Morgan fingerprint density at radius 1 is 1.16 bits per heavy atom. The predicted octanol–water partition coefficient (Wildman–Crippen LogP) is 1.82. The first-order chi connectivity index (χ1) is 9.24. The normalized spacial score (nSPS) is 11.7. The van der Waals surface area contributed by atoms with Crippen LogP contribution in [0, 0.1) is 0 Å². The number of nitrogens with one attached hydrogen (secondary N) is 2. The van der Waals surface area contributed by atoms with Crippen LogP contribution in [0.1, 0.15) is 25.0 Å². The van der Waals surface area contributed by atoms with E-state index in [0.29, 0.717) is 0 Å². The van der Waals surface area contributed by atoms with E-state index in [2.05, 4.69) is 58.6 Å². The molecule has 0 spiro atoms. The number of rotatable bonds is 6. The third-order valence-corrected chi connectivity index (χ3v) is 3.31. The monoisotopic (exact) mass is 262 g/mol. The summed E-state index contributed by atoms with van der Waals surface area (Å²) >= 11 is 0. The maximum atomic E-state index is 4.13. The second kappa shape index (κ2) is 8.53. The van der Waals surface area contributed by atoms with Gasteiger partial charge in [-0.3, -0.25) is 9.89 Å². The van der Waals surface area contributed by atoms with Crippen molar-refractivity contribution in [3.63, 3.8) is 0 Å². The van der Waals surface area contributed by atoms with E-state index in [4.69, 9.17) is 0 Å². The van der Waals surface area contributed by atoms with Gasteiger partial charge in [-0.15, -0.1) is 0 Å². The predicted molar refractivity (Wildman–Crippen MR) is 82.3 cm³/mol. The molecule has 0 aliphatic rings. The maximum Gasteiger partial charge on any atom is 0.190 e. The number of guanidine groups is 1. The minimum absolute atomic E-state index is 0.797. The van der Waals surface area contributed by atoms with E-state index < -0.39 is 0 Å². The zero-order chi connectivity index (χ0) is 14.1. The molecule has 0 unspecified atom stereocenters. The quantitative estimate of drug-likeness (QED) is 0.607.